The highest BCUT2D eigenvalue weighted by Crippen LogP contribution is 2.36. The number of halogens is 3. The number of fused-ring (bicyclic) bond motifs is 1. The van der Waals surface area contributed by atoms with Crippen LogP contribution in [0.15, 0.2) is 40.9 Å². The highest BCUT2D eigenvalue weighted by molar-refractivity contribution is 9.10. The lowest BCUT2D eigenvalue weighted by Gasteiger charge is -2.19. The largest absolute Gasteiger partial charge is 0.380 e. The van der Waals surface area contributed by atoms with Gasteiger partial charge >= 0.3 is 0 Å². The summed E-state index contributed by atoms with van der Waals surface area (Å²) in [5.41, 5.74) is 1.14. The maximum absolute atomic E-state index is 14.3. The third-order valence-corrected chi connectivity index (χ3v) is 5.80. The average molecular weight is 443 g/mol. The zero-order chi connectivity index (χ0) is 18.1. The molecule has 0 aliphatic rings. The number of anilines is 1. The first-order valence-corrected chi connectivity index (χ1v) is 9.34. The van der Waals surface area contributed by atoms with E-state index in [2.05, 4.69) is 15.9 Å². The van der Waals surface area contributed by atoms with E-state index in [1.54, 1.807) is 31.3 Å². The molecule has 130 valence electrons. The van der Waals surface area contributed by atoms with Crippen LogP contribution in [0.4, 0.5) is 10.1 Å². The fourth-order valence-electron chi connectivity index (χ4n) is 2.64. The van der Waals surface area contributed by atoms with Crippen LogP contribution in [0.1, 0.15) is 15.2 Å². The number of benzene rings is 2. The molecule has 3 rings (SSSR count). The van der Waals surface area contributed by atoms with Gasteiger partial charge in [-0.05, 0) is 30.3 Å². The fourth-order valence-corrected chi connectivity index (χ4v) is 4.64. The van der Waals surface area contributed by atoms with Crippen LogP contribution in [0.3, 0.4) is 0 Å². The average Bonchev–Trinajstić information content (AvgIpc) is 2.94. The minimum atomic E-state index is -0.357. The maximum Gasteiger partial charge on any atom is 0.268 e. The molecule has 0 aliphatic carbocycles. The van der Waals surface area contributed by atoms with Crippen LogP contribution in [0.5, 0.6) is 0 Å². The van der Waals surface area contributed by atoms with Gasteiger partial charge in [-0.1, -0.05) is 33.6 Å². The summed E-state index contributed by atoms with van der Waals surface area (Å²) in [7, 11) is 3.17. The summed E-state index contributed by atoms with van der Waals surface area (Å²) in [6, 6.07) is 10.1. The second-order valence-corrected chi connectivity index (χ2v) is 7.79. The molecule has 0 fully saturated rings. The molecular weight excluding hydrogens is 429 g/mol. The number of carbonyl (C=O) groups is 1. The quantitative estimate of drug-likeness (QED) is 0.505. The van der Waals surface area contributed by atoms with Crippen molar-refractivity contribution in [2.45, 2.75) is 6.61 Å². The van der Waals surface area contributed by atoms with Gasteiger partial charge in [0.05, 0.1) is 22.2 Å². The van der Waals surface area contributed by atoms with Crippen molar-refractivity contribution in [2.75, 3.05) is 19.1 Å². The minimum Gasteiger partial charge on any atom is -0.380 e. The van der Waals surface area contributed by atoms with Gasteiger partial charge in [0.15, 0.2) is 0 Å². The molecule has 7 heteroatoms. The van der Waals surface area contributed by atoms with E-state index in [1.165, 1.54) is 29.4 Å². The number of hydrogen-bond acceptors (Lipinski definition) is 3. The molecule has 2 aromatic carbocycles. The predicted molar refractivity (Wildman–Crippen MR) is 104 cm³/mol. The first-order chi connectivity index (χ1) is 11.9. The molecule has 0 radical (unpaired) electrons. The summed E-state index contributed by atoms with van der Waals surface area (Å²) in [6.07, 6.45) is 0. The second kappa shape index (κ2) is 7.41. The standard InChI is InChI=1S/C18H14BrClFNO2S/c1-22(14-7-6-10(19)8-12(14)20)18(23)17-11(9-24-2)16-13(21)4-3-5-15(16)25-17/h3-8H,9H2,1-2H3. The van der Waals surface area contributed by atoms with Gasteiger partial charge in [-0.2, -0.15) is 0 Å². The Hall–Kier alpha value is -1.47. The number of thiophene rings is 1. The number of ether oxygens (including phenoxy) is 1. The number of nitrogens with zero attached hydrogens (tertiary/aromatic N) is 1. The molecule has 0 unspecified atom stereocenters. The van der Waals surface area contributed by atoms with Crippen molar-refractivity contribution in [3.63, 3.8) is 0 Å². The van der Waals surface area contributed by atoms with E-state index in [0.717, 1.165) is 4.47 Å². The highest BCUT2D eigenvalue weighted by Gasteiger charge is 2.24. The Balaban J connectivity index is 2.10. The van der Waals surface area contributed by atoms with Crippen molar-refractivity contribution in [1.82, 2.24) is 0 Å². The minimum absolute atomic E-state index is 0.157. The Morgan fingerprint density at radius 2 is 2.12 bits per heavy atom. The van der Waals surface area contributed by atoms with E-state index in [9.17, 15) is 9.18 Å². The molecule has 0 N–H and O–H groups in total. The van der Waals surface area contributed by atoms with Crippen molar-refractivity contribution in [2.24, 2.45) is 0 Å². The molecule has 1 heterocycles. The molecule has 1 aromatic heterocycles. The summed E-state index contributed by atoms with van der Waals surface area (Å²) in [6.45, 7) is 0.157. The number of hydrogen-bond donors (Lipinski definition) is 0. The van der Waals surface area contributed by atoms with Crippen molar-refractivity contribution < 1.29 is 13.9 Å². The molecule has 0 saturated carbocycles. The molecule has 0 aliphatic heterocycles. The van der Waals surface area contributed by atoms with Crippen molar-refractivity contribution in [3.8, 4) is 0 Å². The maximum atomic E-state index is 14.3. The van der Waals surface area contributed by atoms with Gasteiger partial charge in [-0.15, -0.1) is 11.3 Å². The third-order valence-electron chi connectivity index (χ3n) is 3.82. The van der Waals surface area contributed by atoms with Crippen LogP contribution < -0.4 is 4.90 Å². The summed E-state index contributed by atoms with van der Waals surface area (Å²) in [4.78, 5) is 15.0. The van der Waals surface area contributed by atoms with E-state index in [0.29, 0.717) is 31.2 Å². The highest BCUT2D eigenvalue weighted by atomic mass is 79.9. The first-order valence-electron chi connectivity index (χ1n) is 7.36. The molecular formula is C18H14BrClFNO2S. The predicted octanol–water partition coefficient (Wildman–Crippen LogP) is 5.88. The van der Waals surface area contributed by atoms with Crippen LogP contribution in [-0.4, -0.2) is 20.1 Å². The number of amides is 1. The number of methoxy groups -OCH3 is 1. The molecule has 0 atom stereocenters. The molecule has 3 aromatic rings. The van der Waals surface area contributed by atoms with Crippen LogP contribution in [0.25, 0.3) is 10.1 Å². The fraction of sp³-hybridized carbons (Fsp3) is 0.167. The Morgan fingerprint density at radius 3 is 2.80 bits per heavy atom. The van der Waals surface area contributed by atoms with Gasteiger partial charge in [0, 0.05) is 34.3 Å². The molecule has 3 nitrogen and oxygen atoms in total. The number of carbonyl (C=O) groups excluding carboxylic acids is 1. The summed E-state index contributed by atoms with van der Waals surface area (Å²) >= 11 is 10.9. The smallest absolute Gasteiger partial charge is 0.268 e. The lowest BCUT2D eigenvalue weighted by Crippen LogP contribution is -2.26. The molecule has 25 heavy (non-hydrogen) atoms. The lowest BCUT2D eigenvalue weighted by molar-refractivity contribution is 0.0992. The van der Waals surface area contributed by atoms with Gasteiger partial charge < -0.3 is 9.64 Å². The van der Waals surface area contributed by atoms with Crippen molar-refractivity contribution >= 4 is 60.5 Å². The van der Waals surface area contributed by atoms with Crippen LogP contribution in [0.2, 0.25) is 5.02 Å². The Morgan fingerprint density at radius 1 is 1.36 bits per heavy atom. The summed E-state index contributed by atoms with van der Waals surface area (Å²) in [5.74, 6) is -0.610. The van der Waals surface area contributed by atoms with E-state index in [1.807, 2.05) is 6.07 Å². The monoisotopic (exact) mass is 441 g/mol. The van der Waals surface area contributed by atoms with E-state index < -0.39 is 0 Å². The summed E-state index contributed by atoms with van der Waals surface area (Å²) < 4.78 is 21.0. The van der Waals surface area contributed by atoms with Crippen molar-refractivity contribution in [3.05, 3.63) is 62.2 Å². The SMILES string of the molecule is COCc1c(C(=O)N(C)c2ccc(Br)cc2Cl)sc2cccc(F)c12. The van der Waals surface area contributed by atoms with Gasteiger partial charge in [-0.25, -0.2) is 4.39 Å². The van der Waals surface area contributed by atoms with E-state index in [-0.39, 0.29) is 18.3 Å². The van der Waals surface area contributed by atoms with Gasteiger partial charge in [-0.3, -0.25) is 4.79 Å². The Kier molecular flexibility index (Phi) is 5.43. The van der Waals surface area contributed by atoms with Crippen LogP contribution >= 0.6 is 38.9 Å². The Labute approximate surface area is 162 Å². The summed E-state index contributed by atoms with van der Waals surface area (Å²) in [5, 5.41) is 0.888. The molecule has 0 bridgehead atoms. The third kappa shape index (κ3) is 3.44. The van der Waals surface area contributed by atoms with Gasteiger partial charge in [0.1, 0.15) is 5.82 Å². The van der Waals surface area contributed by atoms with Crippen LogP contribution in [0, 0.1) is 5.82 Å². The van der Waals surface area contributed by atoms with Gasteiger partial charge in [0.2, 0.25) is 0 Å². The van der Waals surface area contributed by atoms with Gasteiger partial charge in [0.25, 0.3) is 5.91 Å². The van der Waals surface area contributed by atoms with E-state index >= 15 is 0 Å². The topological polar surface area (TPSA) is 29.5 Å². The molecule has 0 saturated heterocycles. The Bertz CT molecular complexity index is 960. The first kappa shape index (κ1) is 18.3. The zero-order valence-corrected chi connectivity index (χ0v) is 16.6. The van der Waals surface area contributed by atoms with E-state index in [4.69, 9.17) is 16.3 Å². The normalized spacial score (nSPS) is 11.1. The van der Waals surface area contributed by atoms with Crippen LogP contribution in [-0.2, 0) is 11.3 Å². The molecule has 0 spiro atoms. The molecule has 1 amide bonds. The number of rotatable bonds is 4. The zero-order valence-electron chi connectivity index (χ0n) is 13.5. The second-order valence-electron chi connectivity index (χ2n) is 5.42. The lowest BCUT2D eigenvalue weighted by atomic mass is 10.1. The van der Waals surface area contributed by atoms with Crippen molar-refractivity contribution in [1.29, 1.82) is 0 Å².